The Balaban J connectivity index is 1.38. The molecule has 4 aromatic rings. The van der Waals surface area contributed by atoms with E-state index >= 15 is 0 Å². The fourth-order valence-corrected chi connectivity index (χ4v) is 3.97. The molecular formula is C27H28N4O4. The number of nitrogens with one attached hydrogen (secondary N) is 1. The Kier molecular flexibility index (Phi) is 7.01. The summed E-state index contributed by atoms with van der Waals surface area (Å²) in [5.74, 6) is 0.234. The predicted octanol–water partition coefficient (Wildman–Crippen LogP) is 4.66. The molecule has 0 radical (unpaired) electrons. The van der Waals surface area contributed by atoms with Gasteiger partial charge in [-0.25, -0.2) is 4.79 Å². The maximum absolute atomic E-state index is 12.7. The number of aromatic hydroxyl groups is 1. The number of hydrogen-bond donors (Lipinski definition) is 2. The second kappa shape index (κ2) is 10.3. The van der Waals surface area contributed by atoms with Crippen molar-refractivity contribution >= 4 is 28.4 Å². The van der Waals surface area contributed by atoms with Gasteiger partial charge in [0.25, 0.3) is 5.91 Å². The molecule has 0 aliphatic heterocycles. The highest BCUT2D eigenvalue weighted by Gasteiger charge is 2.18. The number of amides is 2. The molecule has 0 atom stereocenters. The molecule has 8 nitrogen and oxygen atoms in total. The summed E-state index contributed by atoms with van der Waals surface area (Å²) in [4.78, 5) is 26.6. The van der Waals surface area contributed by atoms with Crippen molar-refractivity contribution < 1.29 is 19.4 Å². The molecule has 4 rings (SSSR count). The number of nitrogens with zero attached hydrogens (tertiary/aromatic N) is 3. The fraction of sp³-hybridized carbons (Fsp3) is 0.222. The van der Waals surface area contributed by atoms with Crippen molar-refractivity contribution in [1.82, 2.24) is 15.1 Å². The van der Waals surface area contributed by atoms with E-state index in [0.29, 0.717) is 47.3 Å². The predicted molar refractivity (Wildman–Crippen MR) is 135 cm³/mol. The number of fused-ring (bicyclic) bond motifs is 1. The van der Waals surface area contributed by atoms with E-state index in [0.717, 1.165) is 11.1 Å². The number of carbonyl (C=O) groups excluding carboxylic acids is 2. The Labute approximate surface area is 203 Å². The van der Waals surface area contributed by atoms with Gasteiger partial charge in [0.15, 0.2) is 11.5 Å². The van der Waals surface area contributed by atoms with E-state index in [1.807, 2.05) is 44.2 Å². The summed E-state index contributed by atoms with van der Waals surface area (Å²) in [6, 6.07) is 16.0. The molecular weight excluding hydrogens is 444 g/mol. The second-order valence-electron chi connectivity index (χ2n) is 8.35. The van der Waals surface area contributed by atoms with Crippen LogP contribution in [0.25, 0.3) is 10.8 Å². The molecule has 0 fully saturated rings. The first-order valence-electron chi connectivity index (χ1n) is 11.4. The summed E-state index contributed by atoms with van der Waals surface area (Å²) in [7, 11) is 1.66. The van der Waals surface area contributed by atoms with Gasteiger partial charge in [-0.15, -0.1) is 0 Å². The molecule has 0 spiro atoms. The van der Waals surface area contributed by atoms with Gasteiger partial charge >= 0.3 is 6.03 Å². The van der Waals surface area contributed by atoms with Crippen LogP contribution in [0.5, 0.6) is 11.5 Å². The van der Waals surface area contributed by atoms with Gasteiger partial charge in [-0.05, 0) is 56.2 Å². The molecule has 0 saturated heterocycles. The Morgan fingerprint density at radius 1 is 1.09 bits per heavy atom. The lowest BCUT2D eigenvalue weighted by Crippen LogP contribution is -2.31. The van der Waals surface area contributed by atoms with Gasteiger partial charge in [0, 0.05) is 42.3 Å². The lowest BCUT2D eigenvalue weighted by Gasteiger charge is -2.20. The molecule has 3 aromatic carbocycles. The van der Waals surface area contributed by atoms with Gasteiger partial charge in [0.2, 0.25) is 0 Å². The molecule has 180 valence electrons. The summed E-state index contributed by atoms with van der Waals surface area (Å²) in [6.45, 7) is 4.69. The van der Waals surface area contributed by atoms with Gasteiger partial charge in [-0.1, -0.05) is 29.8 Å². The average Bonchev–Trinajstić information content (AvgIpc) is 3.39. The van der Waals surface area contributed by atoms with Crippen LogP contribution < -0.4 is 15.0 Å². The number of benzene rings is 3. The van der Waals surface area contributed by atoms with Crippen LogP contribution in [0.2, 0.25) is 0 Å². The van der Waals surface area contributed by atoms with Crippen LogP contribution in [-0.4, -0.2) is 47.0 Å². The third-order valence-electron chi connectivity index (χ3n) is 5.81. The minimum Gasteiger partial charge on any atom is -0.504 e. The summed E-state index contributed by atoms with van der Waals surface area (Å²) in [5.41, 5.74) is 3.36. The quantitative estimate of drug-likeness (QED) is 0.381. The van der Waals surface area contributed by atoms with Gasteiger partial charge in [-0.3, -0.25) is 9.69 Å². The van der Waals surface area contributed by atoms with Crippen molar-refractivity contribution in [3.8, 4) is 11.5 Å². The van der Waals surface area contributed by atoms with E-state index in [1.54, 1.807) is 43.7 Å². The molecule has 0 aliphatic rings. The van der Waals surface area contributed by atoms with E-state index < -0.39 is 0 Å². The third-order valence-corrected chi connectivity index (χ3v) is 5.81. The third kappa shape index (κ3) is 5.11. The SMILES string of the molecule is Cc1ccc(C(=O)NCCCOc2ccc3c(N(C)C(=O)n4cccn4)cccc3c2O)c(C)c1. The second-order valence-corrected chi connectivity index (χ2v) is 8.35. The monoisotopic (exact) mass is 472 g/mol. The first-order chi connectivity index (χ1) is 16.9. The van der Waals surface area contributed by atoms with Crippen molar-refractivity contribution in [3.63, 3.8) is 0 Å². The highest BCUT2D eigenvalue weighted by molar-refractivity contribution is 6.05. The molecule has 0 saturated carbocycles. The van der Waals surface area contributed by atoms with Crippen molar-refractivity contribution in [3.05, 3.63) is 83.7 Å². The molecule has 2 N–H and O–H groups in total. The number of carbonyl (C=O) groups is 2. The normalized spacial score (nSPS) is 10.8. The zero-order chi connectivity index (χ0) is 24.9. The minimum absolute atomic E-state index is 0.00334. The Bertz CT molecular complexity index is 1370. The summed E-state index contributed by atoms with van der Waals surface area (Å²) in [6.07, 6.45) is 3.70. The van der Waals surface area contributed by atoms with Gasteiger partial charge in [-0.2, -0.15) is 9.78 Å². The maximum Gasteiger partial charge on any atom is 0.348 e. The number of aryl methyl sites for hydroxylation is 2. The van der Waals surface area contributed by atoms with E-state index in [-0.39, 0.29) is 17.7 Å². The Morgan fingerprint density at radius 2 is 1.91 bits per heavy atom. The lowest BCUT2D eigenvalue weighted by molar-refractivity contribution is 0.0951. The first-order valence-corrected chi connectivity index (χ1v) is 11.4. The standard InChI is InChI=1S/C27H28N4O4/c1-18-9-10-20(19(2)17-18)26(33)28-13-6-16-35-24-12-11-21-22(25(24)32)7-4-8-23(21)30(3)27(34)31-15-5-14-29-31/h4-5,7-12,14-15,17,32H,6,13,16H2,1-3H3,(H,28,33). The summed E-state index contributed by atoms with van der Waals surface area (Å²) < 4.78 is 7.03. The molecule has 0 bridgehead atoms. The molecule has 2 amide bonds. The number of phenolic OH excluding ortho intramolecular Hbond substituents is 1. The first kappa shape index (κ1) is 23.8. The van der Waals surface area contributed by atoms with E-state index in [9.17, 15) is 14.7 Å². The van der Waals surface area contributed by atoms with Gasteiger partial charge in [0.1, 0.15) is 0 Å². The highest BCUT2D eigenvalue weighted by atomic mass is 16.5. The van der Waals surface area contributed by atoms with E-state index in [1.165, 1.54) is 9.58 Å². The largest absolute Gasteiger partial charge is 0.504 e. The van der Waals surface area contributed by atoms with Crippen molar-refractivity contribution in [1.29, 1.82) is 0 Å². The molecule has 0 aliphatic carbocycles. The Morgan fingerprint density at radius 3 is 2.66 bits per heavy atom. The number of ether oxygens (including phenoxy) is 1. The van der Waals surface area contributed by atoms with Crippen LogP contribution in [0, 0.1) is 13.8 Å². The average molecular weight is 473 g/mol. The van der Waals surface area contributed by atoms with E-state index in [2.05, 4.69) is 10.4 Å². The molecule has 1 aromatic heterocycles. The highest BCUT2D eigenvalue weighted by Crippen LogP contribution is 2.38. The zero-order valence-electron chi connectivity index (χ0n) is 20.0. The molecule has 35 heavy (non-hydrogen) atoms. The van der Waals surface area contributed by atoms with Crippen molar-refractivity contribution in [2.24, 2.45) is 0 Å². The summed E-state index contributed by atoms with van der Waals surface area (Å²) >= 11 is 0. The van der Waals surface area contributed by atoms with Crippen molar-refractivity contribution in [2.45, 2.75) is 20.3 Å². The van der Waals surface area contributed by atoms with Crippen LogP contribution >= 0.6 is 0 Å². The Hall–Kier alpha value is -4.33. The van der Waals surface area contributed by atoms with Gasteiger partial charge in [0.05, 0.1) is 12.3 Å². The topological polar surface area (TPSA) is 96.7 Å². The fourth-order valence-electron chi connectivity index (χ4n) is 3.97. The van der Waals surface area contributed by atoms with Crippen LogP contribution in [0.1, 0.15) is 27.9 Å². The minimum atomic E-state index is -0.315. The van der Waals surface area contributed by atoms with Crippen LogP contribution in [0.3, 0.4) is 0 Å². The number of aromatic nitrogens is 2. The number of rotatable bonds is 7. The number of phenols is 1. The van der Waals surface area contributed by atoms with Crippen LogP contribution in [-0.2, 0) is 0 Å². The smallest absolute Gasteiger partial charge is 0.348 e. The molecule has 8 heteroatoms. The molecule has 0 unspecified atom stereocenters. The maximum atomic E-state index is 12.7. The van der Waals surface area contributed by atoms with Crippen LogP contribution in [0.4, 0.5) is 10.5 Å². The lowest BCUT2D eigenvalue weighted by atomic mass is 10.1. The van der Waals surface area contributed by atoms with Crippen molar-refractivity contribution in [2.75, 3.05) is 25.1 Å². The molecule has 1 heterocycles. The number of hydrogen-bond acceptors (Lipinski definition) is 5. The van der Waals surface area contributed by atoms with Gasteiger partial charge < -0.3 is 15.2 Å². The number of anilines is 1. The summed E-state index contributed by atoms with van der Waals surface area (Å²) in [5, 5.41) is 19.0. The van der Waals surface area contributed by atoms with E-state index in [4.69, 9.17) is 4.74 Å². The zero-order valence-corrected chi connectivity index (χ0v) is 20.0. The van der Waals surface area contributed by atoms with Crippen LogP contribution in [0.15, 0.2) is 67.0 Å².